The summed E-state index contributed by atoms with van der Waals surface area (Å²) in [4.78, 5) is 37.2. The number of benzene rings is 1. The molecule has 1 rings (SSSR count). The number of amides is 2. The molecule has 0 saturated heterocycles. The van der Waals surface area contributed by atoms with E-state index in [0.717, 1.165) is 0 Å². The van der Waals surface area contributed by atoms with E-state index >= 15 is 0 Å². The van der Waals surface area contributed by atoms with Gasteiger partial charge in [-0.1, -0.05) is 11.8 Å². The van der Waals surface area contributed by atoms with Gasteiger partial charge in [0, 0.05) is 11.1 Å². The van der Waals surface area contributed by atoms with Crippen LogP contribution in [-0.4, -0.2) is 54.0 Å². The molecule has 0 saturated carbocycles. The van der Waals surface area contributed by atoms with E-state index in [1.165, 1.54) is 7.11 Å². The molecule has 3 N–H and O–H groups in total. The molecule has 0 aliphatic carbocycles. The van der Waals surface area contributed by atoms with Crippen LogP contribution in [0.5, 0.6) is 0 Å². The number of nitrogens with one attached hydrogen (secondary N) is 2. The summed E-state index contributed by atoms with van der Waals surface area (Å²) in [7, 11) is 1.19. The first-order valence-electron chi connectivity index (χ1n) is 9.49. The number of aliphatic hydroxyl groups excluding tert-OH is 1. The highest BCUT2D eigenvalue weighted by Gasteiger charge is 2.39. The molecule has 0 fully saturated rings. The molecule has 31 heavy (non-hydrogen) atoms. The molecule has 0 unspecified atom stereocenters. The van der Waals surface area contributed by atoms with Gasteiger partial charge in [0.15, 0.2) is 0 Å². The van der Waals surface area contributed by atoms with E-state index in [2.05, 4.69) is 34.3 Å². The number of carbonyl (C=O) groups excluding carboxylic acids is 3. The Bertz CT molecular complexity index is 921. The fourth-order valence-corrected chi connectivity index (χ4v) is 2.40. The second-order valence-electron chi connectivity index (χ2n) is 8.07. The Hall–Kier alpha value is -3.49. The summed E-state index contributed by atoms with van der Waals surface area (Å²) < 4.78 is 10.0. The summed E-state index contributed by atoms with van der Waals surface area (Å²) in [5, 5.41) is 13.8. The molecule has 8 heteroatoms. The summed E-state index contributed by atoms with van der Waals surface area (Å²) in [5.41, 5.74) is -1.02. The minimum absolute atomic E-state index is 0.270. The van der Waals surface area contributed by atoms with Crippen molar-refractivity contribution >= 4 is 18.0 Å². The van der Waals surface area contributed by atoms with Crippen LogP contribution >= 0.6 is 0 Å². The number of carbonyl (C=O) groups is 3. The minimum Gasteiger partial charge on any atom is -0.467 e. The lowest BCUT2D eigenvalue weighted by molar-refractivity contribution is -0.144. The van der Waals surface area contributed by atoms with Gasteiger partial charge in [-0.2, -0.15) is 0 Å². The molecular formula is C23H28N2O6. The molecule has 0 aliphatic rings. The molecule has 2 amide bonds. The number of esters is 1. The Morgan fingerprint density at radius 3 is 2.19 bits per heavy atom. The molecule has 1 aromatic carbocycles. The Balaban J connectivity index is 2.98. The van der Waals surface area contributed by atoms with Gasteiger partial charge >= 0.3 is 12.1 Å². The second-order valence-corrected chi connectivity index (χ2v) is 8.07. The Morgan fingerprint density at radius 1 is 1.06 bits per heavy atom. The fourth-order valence-electron chi connectivity index (χ4n) is 2.40. The number of ether oxygens (including phenoxy) is 2. The second kappa shape index (κ2) is 11.1. The van der Waals surface area contributed by atoms with Gasteiger partial charge in [-0.3, -0.25) is 4.79 Å². The van der Waals surface area contributed by atoms with Crippen molar-refractivity contribution in [3.8, 4) is 23.7 Å². The summed E-state index contributed by atoms with van der Waals surface area (Å²) in [6.07, 6.45) is -0.729. The third-order valence-corrected chi connectivity index (χ3v) is 3.84. The fraction of sp³-hybridized carbons (Fsp3) is 0.435. The Morgan fingerprint density at radius 2 is 1.68 bits per heavy atom. The van der Waals surface area contributed by atoms with Crippen molar-refractivity contribution in [3.63, 3.8) is 0 Å². The average molecular weight is 428 g/mol. The van der Waals surface area contributed by atoms with Crippen molar-refractivity contribution in [1.29, 1.82) is 0 Å². The minimum atomic E-state index is -1.21. The summed E-state index contributed by atoms with van der Waals surface area (Å²) in [5.74, 6) is 8.98. The first-order chi connectivity index (χ1) is 14.4. The van der Waals surface area contributed by atoms with Gasteiger partial charge in [0.25, 0.3) is 5.91 Å². The molecule has 0 radical (unpaired) electrons. The molecule has 166 valence electrons. The molecule has 0 aliphatic heterocycles. The van der Waals surface area contributed by atoms with Crippen LogP contribution < -0.4 is 10.6 Å². The van der Waals surface area contributed by atoms with E-state index in [1.807, 2.05) is 0 Å². The largest absolute Gasteiger partial charge is 0.467 e. The van der Waals surface area contributed by atoms with Gasteiger partial charge in [0.05, 0.1) is 12.6 Å². The molecule has 0 aromatic heterocycles. The summed E-state index contributed by atoms with van der Waals surface area (Å²) >= 11 is 0. The molecule has 0 bridgehead atoms. The van der Waals surface area contributed by atoms with Crippen LogP contribution in [0.25, 0.3) is 0 Å². The lowest BCUT2D eigenvalue weighted by Gasteiger charge is -2.34. The quantitative estimate of drug-likeness (QED) is 0.485. The summed E-state index contributed by atoms with van der Waals surface area (Å²) in [6.45, 7) is 8.02. The molecule has 1 aromatic rings. The zero-order valence-corrected chi connectivity index (χ0v) is 18.6. The number of aliphatic hydroxyl groups is 1. The predicted molar refractivity (Wildman–Crippen MR) is 115 cm³/mol. The van der Waals surface area contributed by atoms with Crippen molar-refractivity contribution in [2.45, 2.75) is 51.8 Å². The van der Waals surface area contributed by atoms with Crippen LogP contribution in [0.2, 0.25) is 0 Å². The van der Waals surface area contributed by atoms with Gasteiger partial charge in [0.1, 0.15) is 18.2 Å². The summed E-state index contributed by atoms with van der Waals surface area (Å²) in [6, 6.07) is 5.16. The van der Waals surface area contributed by atoms with Gasteiger partial charge < -0.3 is 25.2 Å². The highest BCUT2D eigenvalue weighted by Crippen LogP contribution is 2.15. The number of hydrogen-bond acceptors (Lipinski definition) is 6. The van der Waals surface area contributed by atoms with Crippen LogP contribution in [0, 0.1) is 23.7 Å². The smallest absolute Gasteiger partial charge is 0.408 e. The molecular weight excluding hydrogens is 400 g/mol. The maximum absolute atomic E-state index is 12.7. The number of hydrogen-bond donors (Lipinski definition) is 3. The van der Waals surface area contributed by atoms with Crippen LogP contribution in [0.4, 0.5) is 4.79 Å². The van der Waals surface area contributed by atoms with E-state index < -0.39 is 35.2 Å². The first-order valence-corrected chi connectivity index (χ1v) is 9.49. The SMILES string of the molecule is COC(=O)[C@@H](NC(=O)c1ccc(C#CC#CCO)cc1)C(C)(C)NC(=O)OC(C)(C)C. The van der Waals surface area contributed by atoms with E-state index in [4.69, 9.17) is 14.6 Å². The van der Waals surface area contributed by atoms with Crippen molar-refractivity contribution < 1.29 is 29.0 Å². The van der Waals surface area contributed by atoms with Crippen LogP contribution in [0.1, 0.15) is 50.5 Å². The number of rotatable bonds is 5. The van der Waals surface area contributed by atoms with Crippen molar-refractivity contribution in [1.82, 2.24) is 10.6 Å². The standard InChI is InChI=1S/C23H28N2O6/c1-22(2,3)31-21(29)25-23(4,5)18(20(28)30-6)24-19(27)17-13-11-16(12-14-17)10-8-7-9-15-26/h11-14,18,26H,15H2,1-6H3,(H,24,27)(H,25,29)/t18-/m1/s1. The maximum atomic E-state index is 12.7. The Labute approximate surface area is 182 Å². The van der Waals surface area contributed by atoms with E-state index in [1.54, 1.807) is 58.9 Å². The van der Waals surface area contributed by atoms with Gasteiger partial charge in [-0.15, -0.1) is 0 Å². The van der Waals surface area contributed by atoms with Gasteiger partial charge in [-0.05, 0) is 70.7 Å². The highest BCUT2D eigenvalue weighted by atomic mass is 16.6. The normalized spacial score (nSPS) is 11.6. The van der Waals surface area contributed by atoms with Crippen LogP contribution in [0.15, 0.2) is 24.3 Å². The zero-order chi connectivity index (χ0) is 23.7. The van der Waals surface area contributed by atoms with Crippen molar-refractivity contribution in [3.05, 3.63) is 35.4 Å². The molecule has 8 nitrogen and oxygen atoms in total. The monoisotopic (exact) mass is 428 g/mol. The molecule has 0 heterocycles. The van der Waals surface area contributed by atoms with Crippen molar-refractivity contribution in [2.24, 2.45) is 0 Å². The van der Waals surface area contributed by atoms with Crippen LogP contribution in [-0.2, 0) is 14.3 Å². The third kappa shape index (κ3) is 8.81. The van der Waals surface area contributed by atoms with Gasteiger partial charge in [0.2, 0.25) is 0 Å². The van der Waals surface area contributed by atoms with E-state index in [9.17, 15) is 14.4 Å². The first kappa shape index (κ1) is 25.5. The average Bonchev–Trinajstić information content (AvgIpc) is 2.67. The van der Waals surface area contributed by atoms with Crippen LogP contribution in [0.3, 0.4) is 0 Å². The lowest BCUT2D eigenvalue weighted by Crippen LogP contribution is -2.62. The molecule has 1 atom stereocenters. The lowest BCUT2D eigenvalue weighted by atomic mass is 9.94. The van der Waals surface area contributed by atoms with E-state index in [0.29, 0.717) is 5.56 Å². The Kier molecular flexibility index (Phi) is 9.11. The predicted octanol–water partition coefficient (Wildman–Crippen LogP) is 1.61. The zero-order valence-electron chi connectivity index (χ0n) is 18.6. The third-order valence-electron chi connectivity index (χ3n) is 3.84. The number of methoxy groups -OCH3 is 1. The molecule has 0 spiro atoms. The van der Waals surface area contributed by atoms with Gasteiger partial charge in [-0.25, -0.2) is 9.59 Å². The van der Waals surface area contributed by atoms with Crippen molar-refractivity contribution in [2.75, 3.05) is 13.7 Å². The highest BCUT2D eigenvalue weighted by molar-refractivity contribution is 5.97. The maximum Gasteiger partial charge on any atom is 0.408 e. The topological polar surface area (TPSA) is 114 Å². The van der Waals surface area contributed by atoms with E-state index in [-0.39, 0.29) is 12.2 Å². The number of alkyl carbamates (subject to hydrolysis) is 1.